The molecule has 0 unspecified atom stereocenters. The average Bonchev–Trinajstić information content (AvgIpc) is 2.51. The third-order valence-electron chi connectivity index (χ3n) is 3.15. The Kier molecular flexibility index (Phi) is 5.20. The van der Waals surface area contributed by atoms with Gasteiger partial charge in [-0.25, -0.2) is 0 Å². The Hall–Kier alpha value is -2.30. The molecule has 0 aromatic heterocycles. The molecule has 0 amide bonds. The molecule has 0 bridgehead atoms. The number of benzene rings is 2. The van der Waals surface area contributed by atoms with Gasteiger partial charge in [0.05, 0.1) is 11.8 Å². The maximum absolute atomic E-state index is 12.4. The molecule has 0 spiro atoms. The molecule has 0 saturated heterocycles. The molecule has 5 heteroatoms. The van der Waals surface area contributed by atoms with E-state index in [1.165, 1.54) is 17.7 Å². The Morgan fingerprint density at radius 2 is 1.77 bits per heavy atom. The second kappa shape index (κ2) is 7.11. The Morgan fingerprint density at radius 1 is 1.05 bits per heavy atom. The summed E-state index contributed by atoms with van der Waals surface area (Å²) in [6, 6.07) is 12.7. The summed E-state index contributed by atoms with van der Waals surface area (Å²) in [7, 11) is 0. The highest BCUT2D eigenvalue weighted by Crippen LogP contribution is 2.29. The van der Waals surface area contributed by atoms with Crippen molar-refractivity contribution in [3.05, 3.63) is 70.8 Å². The fraction of sp³-hybridized carbons (Fsp3) is 0.235. The Morgan fingerprint density at radius 3 is 2.41 bits per heavy atom. The highest BCUT2D eigenvalue weighted by atomic mass is 19.4. The zero-order chi connectivity index (χ0) is 16.0. The SMILES string of the molecule is CCc1cccc(C=NOCc2ccc(C(F)(F)F)cc2)c1. The third kappa shape index (κ3) is 4.62. The van der Waals surface area contributed by atoms with Crippen LogP contribution in [-0.2, 0) is 24.0 Å². The van der Waals surface area contributed by atoms with E-state index in [2.05, 4.69) is 12.1 Å². The molecule has 116 valence electrons. The number of hydrogen-bond acceptors (Lipinski definition) is 2. The van der Waals surface area contributed by atoms with Crippen molar-refractivity contribution in [2.24, 2.45) is 5.16 Å². The minimum atomic E-state index is -4.32. The molecule has 0 heterocycles. The monoisotopic (exact) mass is 307 g/mol. The fourth-order valence-corrected chi connectivity index (χ4v) is 1.89. The minimum Gasteiger partial charge on any atom is -0.391 e. The average molecular weight is 307 g/mol. The van der Waals surface area contributed by atoms with E-state index < -0.39 is 11.7 Å². The number of oxime groups is 1. The van der Waals surface area contributed by atoms with Crippen LogP contribution in [0.15, 0.2) is 53.7 Å². The number of hydrogen-bond donors (Lipinski definition) is 0. The lowest BCUT2D eigenvalue weighted by atomic mass is 10.1. The van der Waals surface area contributed by atoms with Gasteiger partial charge in [0.1, 0.15) is 6.61 Å². The van der Waals surface area contributed by atoms with Crippen molar-refractivity contribution in [3.8, 4) is 0 Å². The smallest absolute Gasteiger partial charge is 0.391 e. The van der Waals surface area contributed by atoms with Crippen LogP contribution in [0.3, 0.4) is 0 Å². The highest BCUT2D eigenvalue weighted by molar-refractivity contribution is 5.79. The van der Waals surface area contributed by atoms with Gasteiger partial charge < -0.3 is 4.84 Å². The van der Waals surface area contributed by atoms with Crippen molar-refractivity contribution in [2.45, 2.75) is 26.1 Å². The summed E-state index contributed by atoms with van der Waals surface area (Å²) < 4.78 is 37.3. The second-order valence-corrected chi connectivity index (χ2v) is 4.80. The molecule has 2 aromatic rings. The van der Waals surface area contributed by atoms with E-state index in [1.54, 1.807) is 6.21 Å². The van der Waals surface area contributed by atoms with Crippen molar-refractivity contribution in [1.29, 1.82) is 0 Å². The quantitative estimate of drug-likeness (QED) is 0.573. The molecule has 0 aliphatic heterocycles. The van der Waals surface area contributed by atoms with Crippen molar-refractivity contribution >= 4 is 6.21 Å². The summed E-state index contributed by atoms with van der Waals surface area (Å²) in [5, 5.41) is 3.84. The fourth-order valence-electron chi connectivity index (χ4n) is 1.89. The van der Waals surface area contributed by atoms with E-state index in [4.69, 9.17) is 4.84 Å². The van der Waals surface area contributed by atoms with Crippen molar-refractivity contribution < 1.29 is 18.0 Å². The van der Waals surface area contributed by atoms with Crippen molar-refractivity contribution in [3.63, 3.8) is 0 Å². The summed E-state index contributed by atoms with van der Waals surface area (Å²) in [5.74, 6) is 0. The van der Waals surface area contributed by atoms with Gasteiger partial charge in [-0.15, -0.1) is 0 Å². The van der Waals surface area contributed by atoms with Crippen LogP contribution in [0.5, 0.6) is 0 Å². The maximum Gasteiger partial charge on any atom is 0.416 e. The van der Waals surface area contributed by atoms with Gasteiger partial charge in [-0.2, -0.15) is 13.2 Å². The molecule has 0 aliphatic rings. The molecule has 0 aliphatic carbocycles. The third-order valence-corrected chi connectivity index (χ3v) is 3.15. The van der Waals surface area contributed by atoms with Gasteiger partial charge in [-0.05, 0) is 35.2 Å². The zero-order valence-corrected chi connectivity index (χ0v) is 12.1. The standard InChI is InChI=1S/C17H16F3NO/c1-2-13-4-3-5-15(10-13)11-21-22-12-14-6-8-16(9-7-14)17(18,19)20/h3-11H,2,12H2,1H3. The molecule has 2 aromatic carbocycles. The Labute approximate surface area is 127 Å². The first-order valence-electron chi connectivity index (χ1n) is 6.89. The van der Waals surface area contributed by atoms with Gasteiger partial charge in [-0.3, -0.25) is 0 Å². The highest BCUT2D eigenvalue weighted by Gasteiger charge is 2.29. The van der Waals surface area contributed by atoms with Crippen molar-refractivity contribution in [2.75, 3.05) is 0 Å². The second-order valence-electron chi connectivity index (χ2n) is 4.80. The van der Waals surface area contributed by atoms with Crippen LogP contribution in [0.4, 0.5) is 13.2 Å². The topological polar surface area (TPSA) is 21.6 Å². The summed E-state index contributed by atoms with van der Waals surface area (Å²) >= 11 is 0. The number of nitrogens with zero attached hydrogens (tertiary/aromatic N) is 1. The first kappa shape index (κ1) is 16.1. The summed E-state index contributed by atoms with van der Waals surface area (Å²) in [6.07, 6.45) is -1.79. The predicted molar refractivity (Wildman–Crippen MR) is 79.6 cm³/mol. The number of alkyl halides is 3. The van der Waals surface area contributed by atoms with Gasteiger partial charge in [0.25, 0.3) is 0 Å². The van der Waals surface area contributed by atoms with Crippen LogP contribution >= 0.6 is 0 Å². The van der Waals surface area contributed by atoms with Crippen LogP contribution in [0, 0.1) is 0 Å². The van der Waals surface area contributed by atoms with E-state index in [9.17, 15) is 13.2 Å². The predicted octanol–water partition coefficient (Wildman–Crippen LogP) is 4.82. The van der Waals surface area contributed by atoms with Gasteiger partial charge in [0, 0.05) is 0 Å². The van der Waals surface area contributed by atoms with Crippen LogP contribution in [0.1, 0.15) is 29.2 Å². The van der Waals surface area contributed by atoms with E-state index in [0.717, 1.165) is 24.1 Å². The van der Waals surface area contributed by atoms with Gasteiger partial charge in [0.2, 0.25) is 0 Å². The summed E-state index contributed by atoms with van der Waals surface area (Å²) in [5.41, 5.74) is 2.09. The molecule has 0 N–H and O–H groups in total. The lowest BCUT2D eigenvalue weighted by Crippen LogP contribution is -2.04. The van der Waals surface area contributed by atoms with Gasteiger partial charge >= 0.3 is 6.18 Å². The van der Waals surface area contributed by atoms with Crippen LogP contribution in [0.2, 0.25) is 0 Å². The van der Waals surface area contributed by atoms with Gasteiger partial charge in [0.15, 0.2) is 0 Å². The summed E-state index contributed by atoms with van der Waals surface area (Å²) in [6.45, 7) is 2.19. The van der Waals surface area contributed by atoms with Crippen LogP contribution < -0.4 is 0 Å². The first-order valence-corrected chi connectivity index (χ1v) is 6.89. The number of aryl methyl sites for hydroxylation is 1. The van der Waals surface area contributed by atoms with E-state index >= 15 is 0 Å². The zero-order valence-electron chi connectivity index (χ0n) is 12.1. The van der Waals surface area contributed by atoms with Crippen LogP contribution in [0.25, 0.3) is 0 Å². The summed E-state index contributed by atoms with van der Waals surface area (Å²) in [4.78, 5) is 5.11. The molecule has 2 rings (SSSR count). The molecule has 2 nitrogen and oxygen atoms in total. The Balaban J connectivity index is 1.89. The molecule has 22 heavy (non-hydrogen) atoms. The first-order chi connectivity index (χ1) is 10.5. The minimum absolute atomic E-state index is 0.127. The normalized spacial score (nSPS) is 11.8. The molecular formula is C17H16F3NO. The molecule has 0 fully saturated rings. The lowest BCUT2D eigenvalue weighted by molar-refractivity contribution is -0.137. The number of halogens is 3. The van der Waals surface area contributed by atoms with Crippen LogP contribution in [-0.4, -0.2) is 6.21 Å². The number of rotatable bonds is 5. The molecular weight excluding hydrogens is 291 g/mol. The van der Waals surface area contributed by atoms with Crippen molar-refractivity contribution in [1.82, 2.24) is 0 Å². The molecule has 0 saturated carbocycles. The van der Waals surface area contributed by atoms with E-state index in [0.29, 0.717) is 5.56 Å². The van der Waals surface area contributed by atoms with E-state index in [-0.39, 0.29) is 6.61 Å². The maximum atomic E-state index is 12.4. The molecule has 0 radical (unpaired) electrons. The largest absolute Gasteiger partial charge is 0.416 e. The Bertz CT molecular complexity index is 633. The molecule has 0 atom stereocenters. The lowest BCUT2D eigenvalue weighted by Gasteiger charge is -2.07. The van der Waals surface area contributed by atoms with E-state index in [1.807, 2.05) is 24.3 Å². The van der Waals surface area contributed by atoms with Gasteiger partial charge in [-0.1, -0.05) is 48.5 Å².